The second-order valence-electron chi connectivity index (χ2n) is 4.33. The number of rotatable bonds is 2. The van der Waals surface area contributed by atoms with E-state index < -0.39 is 5.82 Å². The number of aromatic amines is 1. The van der Waals surface area contributed by atoms with Gasteiger partial charge in [0.25, 0.3) is 0 Å². The number of aromatic nitrogens is 1. The van der Waals surface area contributed by atoms with Crippen molar-refractivity contribution in [3.8, 4) is 0 Å². The molecule has 0 saturated carbocycles. The molecule has 0 saturated heterocycles. The molecule has 1 aromatic carbocycles. The zero-order chi connectivity index (χ0) is 13.4. The van der Waals surface area contributed by atoms with Gasteiger partial charge in [0, 0.05) is 10.7 Å². The van der Waals surface area contributed by atoms with Crippen LogP contribution in [0.1, 0.15) is 32.9 Å². The van der Waals surface area contributed by atoms with E-state index >= 15 is 0 Å². The molecular weight excluding hydrogens is 253 g/mol. The number of benzene rings is 1. The third-order valence-electron chi connectivity index (χ3n) is 3.22. The normalized spacial score (nSPS) is 10.7. The van der Waals surface area contributed by atoms with Gasteiger partial charge in [0.1, 0.15) is 5.82 Å². The highest BCUT2D eigenvalue weighted by molar-refractivity contribution is 6.30. The average molecular weight is 266 g/mol. The predicted octanol–water partition coefficient (Wildman–Crippen LogP) is 3.96. The fraction of sp³-hybridized carbons (Fsp3) is 0.214. The van der Waals surface area contributed by atoms with E-state index in [9.17, 15) is 9.18 Å². The van der Waals surface area contributed by atoms with E-state index in [4.69, 9.17) is 11.6 Å². The molecule has 2 aromatic rings. The van der Waals surface area contributed by atoms with E-state index in [0.29, 0.717) is 5.69 Å². The van der Waals surface area contributed by atoms with Gasteiger partial charge in [0.05, 0.1) is 11.3 Å². The van der Waals surface area contributed by atoms with Crippen molar-refractivity contribution in [1.29, 1.82) is 0 Å². The molecule has 0 aliphatic heterocycles. The molecule has 2 nitrogen and oxygen atoms in total. The molecule has 1 N–H and O–H groups in total. The van der Waals surface area contributed by atoms with Crippen LogP contribution in [0.3, 0.4) is 0 Å². The third-order valence-corrected chi connectivity index (χ3v) is 3.45. The van der Waals surface area contributed by atoms with Gasteiger partial charge >= 0.3 is 0 Å². The summed E-state index contributed by atoms with van der Waals surface area (Å²) in [5.41, 5.74) is 3.26. The summed E-state index contributed by atoms with van der Waals surface area (Å²) >= 11 is 5.67. The second-order valence-corrected chi connectivity index (χ2v) is 4.76. The molecule has 0 radical (unpaired) electrons. The van der Waals surface area contributed by atoms with Gasteiger partial charge in [-0.2, -0.15) is 0 Å². The monoisotopic (exact) mass is 265 g/mol. The lowest BCUT2D eigenvalue weighted by atomic mass is 10.0. The number of aryl methyl sites for hydroxylation is 1. The summed E-state index contributed by atoms with van der Waals surface area (Å²) in [6.07, 6.45) is 0. The lowest BCUT2D eigenvalue weighted by Crippen LogP contribution is -2.06. The molecule has 0 atom stereocenters. The number of halogens is 2. The summed E-state index contributed by atoms with van der Waals surface area (Å²) in [6.45, 7) is 5.66. The Morgan fingerprint density at radius 3 is 2.39 bits per heavy atom. The van der Waals surface area contributed by atoms with Gasteiger partial charge in [-0.3, -0.25) is 4.79 Å². The Bertz CT molecular complexity index is 631. The number of H-pyrrole nitrogens is 1. The number of carbonyl (C=O) groups excluding carboxylic acids is 1. The minimum atomic E-state index is -0.600. The maximum absolute atomic E-state index is 13.7. The highest BCUT2D eigenvalue weighted by Gasteiger charge is 2.19. The molecule has 0 aliphatic carbocycles. The Balaban J connectivity index is 2.51. The maximum Gasteiger partial charge on any atom is 0.212 e. The van der Waals surface area contributed by atoms with Crippen LogP contribution in [0.15, 0.2) is 18.2 Å². The second kappa shape index (κ2) is 4.58. The Labute approximate surface area is 110 Å². The third kappa shape index (κ3) is 2.06. The van der Waals surface area contributed by atoms with Gasteiger partial charge < -0.3 is 4.98 Å². The molecule has 0 amide bonds. The van der Waals surface area contributed by atoms with Crippen LogP contribution < -0.4 is 0 Å². The molecule has 0 bridgehead atoms. The fourth-order valence-corrected chi connectivity index (χ4v) is 2.04. The quantitative estimate of drug-likeness (QED) is 0.819. The van der Waals surface area contributed by atoms with Crippen LogP contribution in [-0.4, -0.2) is 10.8 Å². The van der Waals surface area contributed by atoms with Crippen molar-refractivity contribution in [3.05, 3.63) is 57.1 Å². The van der Waals surface area contributed by atoms with Gasteiger partial charge in [-0.05, 0) is 50.1 Å². The van der Waals surface area contributed by atoms with Gasteiger partial charge in [0.2, 0.25) is 5.78 Å². The lowest BCUT2D eigenvalue weighted by Gasteiger charge is -2.03. The summed E-state index contributed by atoms with van der Waals surface area (Å²) < 4.78 is 13.7. The Hall–Kier alpha value is -1.61. The fourth-order valence-electron chi connectivity index (χ4n) is 1.88. The first-order valence-corrected chi connectivity index (χ1v) is 5.95. The molecule has 4 heteroatoms. The van der Waals surface area contributed by atoms with Gasteiger partial charge in [-0.25, -0.2) is 4.39 Å². The minimum Gasteiger partial charge on any atom is -0.356 e. The standard InChI is InChI=1S/C14H13ClFNO/c1-7-8(2)13(17-9(7)3)14(18)11-5-4-10(15)6-12(11)16/h4-6,17H,1-3H3. The summed E-state index contributed by atoms with van der Waals surface area (Å²) in [7, 11) is 0. The van der Waals surface area contributed by atoms with Crippen molar-refractivity contribution in [2.75, 3.05) is 0 Å². The maximum atomic E-state index is 13.7. The zero-order valence-electron chi connectivity index (χ0n) is 10.4. The SMILES string of the molecule is Cc1[nH]c(C(=O)c2ccc(Cl)cc2F)c(C)c1C. The zero-order valence-corrected chi connectivity index (χ0v) is 11.2. The van der Waals surface area contributed by atoms with Crippen molar-refractivity contribution in [1.82, 2.24) is 4.98 Å². The molecule has 1 aromatic heterocycles. The van der Waals surface area contributed by atoms with E-state index in [2.05, 4.69) is 4.98 Å². The van der Waals surface area contributed by atoms with Crippen LogP contribution in [0.5, 0.6) is 0 Å². The van der Waals surface area contributed by atoms with E-state index in [1.54, 1.807) is 0 Å². The molecule has 94 valence electrons. The molecular formula is C14H13ClFNO. The van der Waals surface area contributed by atoms with Crippen molar-refractivity contribution < 1.29 is 9.18 Å². The first-order chi connectivity index (χ1) is 8.41. The van der Waals surface area contributed by atoms with Crippen LogP contribution in [0.25, 0.3) is 0 Å². The topological polar surface area (TPSA) is 32.9 Å². The summed E-state index contributed by atoms with van der Waals surface area (Å²) in [5, 5.41) is 0.277. The average Bonchev–Trinajstić information content (AvgIpc) is 2.56. The largest absolute Gasteiger partial charge is 0.356 e. The van der Waals surface area contributed by atoms with Crippen molar-refractivity contribution in [2.45, 2.75) is 20.8 Å². The Kier molecular flexibility index (Phi) is 3.26. The predicted molar refractivity (Wildman–Crippen MR) is 69.8 cm³/mol. The van der Waals surface area contributed by atoms with Crippen LogP contribution >= 0.6 is 11.6 Å². The number of hydrogen-bond acceptors (Lipinski definition) is 1. The first kappa shape index (κ1) is 12.8. The van der Waals surface area contributed by atoms with E-state index in [1.165, 1.54) is 12.1 Å². The Morgan fingerprint density at radius 2 is 1.89 bits per heavy atom. The summed E-state index contributed by atoms with van der Waals surface area (Å²) in [6, 6.07) is 4.06. The molecule has 2 rings (SSSR count). The molecule has 18 heavy (non-hydrogen) atoms. The Morgan fingerprint density at radius 1 is 1.22 bits per heavy atom. The summed E-state index contributed by atoms with van der Waals surface area (Å²) in [4.78, 5) is 15.3. The number of carbonyl (C=O) groups is 1. The van der Waals surface area contributed by atoms with Gasteiger partial charge in [-0.15, -0.1) is 0 Å². The van der Waals surface area contributed by atoms with Crippen LogP contribution in [0.4, 0.5) is 4.39 Å². The summed E-state index contributed by atoms with van der Waals surface area (Å²) in [5.74, 6) is -0.949. The van der Waals surface area contributed by atoms with Crippen molar-refractivity contribution in [2.24, 2.45) is 0 Å². The number of ketones is 1. The highest BCUT2D eigenvalue weighted by atomic mass is 35.5. The van der Waals surface area contributed by atoms with Crippen molar-refractivity contribution in [3.63, 3.8) is 0 Å². The highest BCUT2D eigenvalue weighted by Crippen LogP contribution is 2.22. The first-order valence-electron chi connectivity index (χ1n) is 5.57. The van der Waals surface area contributed by atoms with Gasteiger partial charge in [-0.1, -0.05) is 11.6 Å². The number of nitrogens with one attached hydrogen (secondary N) is 1. The van der Waals surface area contributed by atoms with E-state index in [-0.39, 0.29) is 16.4 Å². The molecule has 0 aliphatic rings. The van der Waals surface area contributed by atoms with E-state index in [1.807, 2.05) is 20.8 Å². The molecule has 0 unspecified atom stereocenters. The van der Waals surface area contributed by atoms with Crippen LogP contribution in [0, 0.1) is 26.6 Å². The molecule has 1 heterocycles. The van der Waals surface area contributed by atoms with Crippen molar-refractivity contribution >= 4 is 17.4 Å². The van der Waals surface area contributed by atoms with Crippen LogP contribution in [-0.2, 0) is 0 Å². The molecule has 0 spiro atoms. The lowest BCUT2D eigenvalue weighted by molar-refractivity contribution is 0.103. The smallest absolute Gasteiger partial charge is 0.212 e. The van der Waals surface area contributed by atoms with Gasteiger partial charge in [0.15, 0.2) is 0 Å². The molecule has 0 fully saturated rings. The number of hydrogen-bond donors (Lipinski definition) is 1. The van der Waals surface area contributed by atoms with E-state index in [0.717, 1.165) is 22.9 Å². The van der Waals surface area contributed by atoms with Crippen LogP contribution in [0.2, 0.25) is 5.02 Å². The minimum absolute atomic E-state index is 0.0313.